The number of nitrogens with zero attached hydrogens (tertiary/aromatic N) is 1. The minimum atomic E-state index is -0.461. The van der Waals surface area contributed by atoms with Gasteiger partial charge in [-0.3, -0.25) is 0 Å². The normalized spacial score (nSPS) is 9.17. The quantitative estimate of drug-likeness (QED) is 0.625. The molecule has 0 spiro atoms. The van der Waals surface area contributed by atoms with Gasteiger partial charge in [-0.15, -0.1) is 0 Å². The maximum absolute atomic E-state index is 10.8. The van der Waals surface area contributed by atoms with E-state index in [-0.39, 0.29) is 0 Å². The molecule has 12 heavy (non-hydrogen) atoms. The van der Waals surface area contributed by atoms with Gasteiger partial charge >= 0.3 is 6.09 Å². The lowest BCUT2D eigenvalue weighted by Gasteiger charge is -1.98. The monoisotopic (exact) mass is 167 g/mol. The van der Waals surface area contributed by atoms with Gasteiger partial charge in [0.1, 0.15) is 0 Å². The molecule has 0 atom stereocenters. The van der Waals surface area contributed by atoms with Crippen LogP contribution in [0.15, 0.2) is 24.4 Å². The van der Waals surface area contributed by atoms with Crippen LogP contribution in [-0.2, 0) is 11.8 Å². The molecule has 1 heterocycles. The van der Waals surface area contributed by atoms with E-state index in [2.05, 4.69) is 10.1 Å². The molecule has 0 aliphatic heterocycles. The average molecular weight is 167 g/mol. The number of pyridine rings is 1. The zero-order chi connectivity index (χ0) is 8.97. The minimum absolute atomic E-state index is 0.461. The molecule has 0 aliphatic carbocycles. The van der Waals surface area contributed by atoms with Gasteiger partial charge in [0, 0.05) is 6.07 Å². The molecule has 0 saturated heterocycles. The molecule has 0 bridgehead atoms. The van der Waals surface area contributed by atoms with Crippen molar-refractivity contribution in [1.29, 1.82) is 0 Å². The summed E-state index contributed by atoms with van der Waals surface area (Å²) >= 11 is 0. The van der Waals surface area contributed by atoms with Crippen LogP contribution >= 0.6 is 0 Å². The van der Waals surface area contributed by atoms with E-state index in [4.69, 9.17) is 0 Å². The Hall–Kier alpha value is -1.58. The van der Waals surface area contributed by atoms with E-state index in [9.17, 15) is 4.79 Å². The molecule has 1 aromatic heterocycles. The van der Waals surface area contributed by atoms with Gasteiger partial charge in [0.05, 0.1) is 20.4 Å². The molecule has 64 valence electrons. The molecule has 1 amide bonds. The van der Waals surface area contributed by atoms with Crippen molar-refractivity contribution in [2.75, 3.05) is 12.4 Å². The second kappa shape index (κ2) is 3.71. The number of carbonyl (C=O) groups is 1. The largest absolute Gasteiger partial charge is 0.504 e. The van der Waals surface area contributed by atoms with Crippen molar-refractivity contribution >= 4 is 11.9 Å². The first-order chi connectivity index (χ1) is 5.74. The van der Waals surface area contributed by atoms with Crippen molar-refractivity contribution in [3.63, 3.8) is 0 Å². The molecule has 1 rings (SSSR count). The minimum Gasteiger partial charge on any atom is -0.435 e. The number of methoxy groups -OCH3 is 1. The highest BCUT2D eigenvalue weighted by Gasteiger charge is 2.09. The summed E-state index contributed by atoms with van der Waals surface area (Å²) in [6.45, 7) is 0. The molecule has 0 aliphatic rings. The smallest absolute Gasteiger partial charge is 0.435 e. The van der Waals surface area contributed by atoms with Crippen LogP contribution in [0.2, 0.25) is 0 Å². The van der Waals surface area contributed by atoms with Crippen molar-refractivity contribution in [2.24, 2.45) is 7.05 Å². The van der Waals surface area contributed by atoms with E-state index < -0.39 is 6.09 Å². The van der Waals surface area contributed by atoms with Gasteiger partial charge in [0.25, 0.3) is 5.82 Å². The van der Waals surface area contributed by atoms with Crippen LogP contribution in [0, 0.1) is 0 Å². The fourth-order valence-electron chi connectivity index (χ4n) is 0.809. The summed E-state index contributed by atoms with van der Waals surface area (Å²) < 4.78 is 6.23. The van der Waals surface area contributed by atoms with Gasteiger partial charge < -0.3 is 4.74 Å². The van der Waals surface area contributed by atoms with Crippen LogP contribution in [-0.4, -0.2) is 13.2 Å². The molecule has 4 nitrogen and oxygen atoms in total. The predicted octanol–water partition coefficient (Wildman–Crippen LogP) is 0.689. The Morgan fingerprint density at radius 3 is 2.92 bits per heavy atom. The summed E-state index contributed by atoms with van der Waals surface area (Å²) in [5.74, 6) is 0.698. The lowest BCUT2D eigenvalue weighted by molar-refractivity contribution is -0.657. The predicted molar refractivity (Wildman–Crippen MR) is 43.6 cm³/mol. The second-order valence-corrected chi connectivity index (χ2v) is 2.31. The molecule has 0 fully saturated rings. The van der Waals surface area contributed by atoms with Crippen molar-refractivity contribution in [1.82, 2.24) is 0 Å². The summed E-state index contributed by atoms with van der Waals surface area (Å²) in [5.41, 5.74) is 0. The summed E-state index contributed by atoms with van der Waals surface area (Å²) in [4.78, 5) is 10.8. The number of anilines is 1. The van der Waals surface area contributed by atoms with E-state index in [1.165, 1.54) is 7.11 Å². The number of aryl methyl sites for hydroxylation is 1. The van der Waals surface area contributed by atoms with Crippen LogP contribution in [0.1, 0.15) is 0 Å². The fraction of sp³-hybridized carbons (Fsp3) is 0.250. The first-order valence-corrected chi connectivity index (χ1v) is 3.53. The summed E-state index contributed by atoms with van der Waals surface area (Å²) in [7, 11) is 3.17. The van der Waals surface area contributed by atoms with Crippen LogP contribution < -0.4 is 9.88 Å². The number of amides is 1. The molecule has 0 unspecified atom stereocenters. The summed E-state index contributed by atoms with van der Waals surface area (Å²) in [6.07, 6.45) is 1.38. The van der Waals surface area contributed by atoms with Crippen LogP contribution in [0.3, 0.4) is 0 Å². The SMILES string of the molecule is COC(=O)Nc1cccc[n+]1C. The highest BCUT2D eigenvalue weighted by molar-refractivity contribution is 5.82. The Morgan fingerprint density at radius 2 is 2.33 bits per heavy atom. The van der Waals surface area contributed by atoms with Gasteiger partial charge in [-0.25, -0.2) is 4.57 Å². The van der Waals surface area contributed by atoms with Gasteiger partial charge in [0.2, 0.25) is 0 Å². The van der Waals surface area contributed by atoms with Crippen LogP contribution in [0.25, 0.3) is 0 Å². The number of nitrogens with one attached hydrogen (secondary N) is 1. The molecule has 1 aromatic rings. The van der Waals surface area contributed by atoms with E-state index in [0.29, 0.717) is 5.82 Å². The molecule has 4 heteroatoms. The van der Waals surface area contributed by atoms with E-state index in [0.717, 1.165) is 0 Å². The highest BCUT2D eigenvalue weighted by Crippen LogP contribution is 1.96. The first kappa shape index (κ1) is 8.52. The highest BCUT2D eigenvalue weighted by atomic mass is 16.5. The standard InChI is InChI=1S/C8H10N2O2/c1-10-6-4-3-5-7(10)9-8(11)12-2/h3-6H,1-2H3/p+1. The molecule has 1 N–H and O–H groups in total. The number of carbonyl (C=O) groups excluding carboxylic acids is 1. The number of aromatic nitrogens is 1. The van der Waals surface area contributed by atoms with E-state index in [1.54, 1.807) is 10.6 Å². The lowest BCUT2D eigenvalue weighted by Crippen LogP contribution is -2.33. The van der Waals surface area contributed by atoms with Gasteiger partial charge in [-0.2, -0.15) is 10.1 Å². The molecule has 0 saturated carbocycles. The third-order valence-electron chi connectivity index (χ3n) is 1.47. The fourth-order valence-corrected chi connectivity index (χ4v) is 0.809. The number of rotatable bonds is 1. The molecular weight excluding hydrogens is 156 g/mol. The number of hydrogen-bond acceptors (Lipinski definition) is 2. The Bertz CT molecular complexity index is 286. The van der Waals surface area contributed by atoms with Gasteiger partial charge in [-0.1, -0.05) is 6.07 Å². The maximum Gasteiger partial charge on any atom is 0.504 e. The van der Waals surface area contributed by atoms with Crippen LogP contribution in [0.5, 0.6) is 0 Å². The number of ether oxygens (including phenoxy) is 1. The Balaban J connectivity index is 2.75. The zero-order valence-corrected chi connectivity index (χ0v) is 7.07. The molecular formula is C8H11N2O2+. The Morgan fingerprint density at radius 1 is 1.58 bits per heavy atom. The third-order valence-corrected chi connectivity index (χ3v) is 1.47. The Labute approximate surface area is 70.8 Å². The van der Waals surface area contributed by atoms with Crippen molar-refractivity contribution in [3.8, 4) is 0 Å². The van der Waals surface area contributed by atoms with Crippen molar-refractivity contribution in [3.05, 3.63) is 24.4 Å². The third kappa shape index (κ3) is 1.95. The zero-order valence-electron chi connectivity index (χ0n) is 7.07. The van der Waals surface area contributed by atoms with Crippen molar-refractivity contribution < 1.29 is 14.1 Å². The molecule has 0 aromatic carbocycles. The maximum atomic E-state index is 10.8. The topological polar surface area (TPSA) is 42.2 Å². The second-order valence-electron chi connectivity index (χ2n) is 2.31. The van der Waals surface area contributed by atoms with E-state index >= 15 is 0 Å². The summed E-state index contributed by atoms with van der Waals surface area (Å²) in [5, 5.41) is 2.56. The van der Waals surface area contributed by atoms with Gasteiger partial charge in [0.15, 0.2) is 0 Å². The van der Waals surface area contributed by atoms with E-state index in [1.807, 2.05) is 25.4 Å². The first-order valence-electron chi connectivity index (χ1n) is 3.53. The Kier molecular flexibility index (Phi) is 2.63. The van der Waals surface area contributed by atoms with Gasteiger partial charge in [-0.05, 0) is 6.07 Å². The number of hydrogen-bond donors (Lipinski definition) is 1. The van der Waals surface area contributed by atoms with Crippen LogP contribution in [0.4, 0.5) is 10.6 Å². The summed E-state index contributed by atoms with van der Waals surface area (Å²) in [6, 6.07) is 5.50. The van der Waals surface area contributed by atoms with Crippen molar-refractivity contribution in [2.45, 2.75) is 0 Å². The lowest BCUT2D eigenvalue weighted by atomic mass is 10.4. The average Bonchev–Trinajstić information content (AvgIpc) is 2.09. The molecule has 0 radical (unpaired) electrons.